The molecule has 2 aromatic carbocycles. The lowest BCUT2D eigenvalue weighted by Crippen LogP contribution is -2.22. The van der Waals surface area contributed by atoms with E-state index in [-0.39, 0.29) is 64.9 Å². The van der Waals surface area contributed by atoms with E-state index >= 15 is 0 Å². The second-order valence-corrected chi connectivity index (χ2v) is 7.39. The molecule has 0 aromatic heterocycles. The van der Waals surface area contributed by atoms with E-state index in [1.165, 1.54) is 24.3 Å². The minimum atomic E-state index is -0.985. The average molecular weight is 374 g/mol. The van der Waals surface area contributed by atoms with E-state index < -0.39 is 11.7 Å². The van der Waals surface area contributed by atoms with E-state index in [0.717, 1.165) is 0 Å². The molecule has 1 aliphatic rings. The highest BCUT2D eigenvalue weighted by atomic mass is 16.5. The molecule has 0 radical (unpaired) electrons. The Morgan fingerprint density at radius 3 is 2.41 bits per heavy atom. The van der Waals surface area contributed by atoms with Crippen LogP contribution in [0.4, 0.5) is 0 Å². The number of rotatable bonds is 4. The molecule has 1 aliphatic heterocycles. The zero-order chi connectivity index (χ0) is 19.9. The van der Waals surface area contributed by atoms with Crippen LogP contribution in [-0.4, -0.2) is 36.9 Å². The Bertz CT molecular complexity index is 896. The van der Waals surface area contributed by atoms with Crippen LogP contribution in [0, 0.1) is 0 Å². The number of fused-ring (bicyclic) bond motifs is 1. The van der Waals surface area contributed by atoms with E-state index in [2.05, 4.69) is 0 Å². The molecule has 0 bridgehead atoms. The highest BCUT2D eigenvalue weighted by Gasteiger charge is 2.33. The van der Waals surface area contributed by atoms with Gasteiger partial charge in [-0.05, 0) is 44.4 Å². The van der Waals surface area contributed by atoms with Crippen LogP contribution in [0.3, 0.4) is 0 Å². The van der Waals surface area contributed by atoms with Crippen molar-refractivity contribution in [3.8, 4) is 28.7 Å². The van der Waals surface area contributed by atoms with Crippen molar-refractivity contribution in [1.29, 1.82) is 0 Å². The largest absolute Gasteiger partial charge is 0.507 e. The fourth-order valence-electron chi connectivity index (χ4n) is 3.10. The summed E-state index contributed by atoms with van der Waals surface area (Å²) in [6.45, 7) is 3.23. The van der Waals surface area contributed by atoms with Crippen LogP contribution in [0.2, 0.25) is 0 Å². The molecule has 5 N–H and O–H groups in total. The Balaban J connectivity index is 1.95. The van der Waals surface area contributed by atoms with Crippen molar-refractivity contribution in [2.24, 2.45) is 0 Å². The van der Waals surface area contributed by atoms with E-state index in [9.17, 15) is 30.3 Å². The van der Waals surface area contributed by atoms with Crippen molar-refractivity contribution >= 4 is 5.78 Å². The first kappa shape index (κ1) is 18.8. The van der Waals surface area contributed by atoms with Gasteiger partial charge in [0.1, 0.15) is 28.9 Å². The SMILES string of the molecule is CC(C)(O)CCc1c(O)cc2c(c1O)C(=O)C[C@H](c1ccc(O)c(O)c1)O2. The Kier molecular flexibility index (Phi) is 4.65. The summed E-state index contributed by atoms with van der Waals surface area (Å²) in [4.78, 5) is 12.6. The molecule has 0 saturated heterocycles. The van der Waals surface area contributed by atoms with Gasteiger partial charge in [-0.2, -0.15) is 0 Å². The number of carbonyl (C=O) groups is 1. The summed E-state index contributed by atoms with van der Waals surface area (Å²) in [6, 6.07) is 5.40. The highest BCUT2D eigenvalue weighted by molar-refractivity contribution is 6.03. The van der Waals surface area contributed by atoms with Crippen LogP contribution < -0.4 is 4.74 Å². The van der Waals surface area contributed by atoms with Crippen molar-refractivity contribution in [2.45, 2.75) is 44.8 Å². The highest BCUT2D eigenvalue weighted by Crippen LogP contribution is 2.45. The van der Waals surface area contributed by atoms with Crippen molar-refractivity contribution in [2.75, 3.05) is 0 Å². The molecule has 0 unspecified atom stereocenters. The van der Waals surface area contributed by atoms with Crippen LogP contribution in [-0.2, 0) is 6.42 Å². The summed E-state index contributed by atoms with van der Waals surface area (Å²) < 4.78 is 5.76. The van der Waals surface area contributed by atoms with Gasteiger partial charge in [-0.15, -0.1) is 0 Å². The number of phenols is 4. The Morgan fingerprint density at radius 1 is 1.07 bits per heavy atom. The summed E-state index contributed by atoms with van der Waals surface area (Å²) in [5, 5.41) is 49.7. The van der Waals surface area contributed by atoms with E-state index in [4.69, 9.17) is 4.74 Å². The Labute approximate surface area is 156 Å². The van der Waals surface area contributed by atoms with E-state index in [0.29, 0.717) is 5.56 Å². The van der Waals surface area contributed by atoms with Crippen LogP contribution in [0.25, 0.3) is 0 Å². The molecule has 1 atom stereocenters. The molecule has 144 valence electrons. The molecular weight excluding hydrogens is 352 g/mol. The lowest BCUT2D eigenvalue weighted by molar-refractivity contribution is 0.0711. The maximum absolute atomic E-state index is 12.6. The Hall–Kier alpha value is -2.93. The van der Waals surface area contributed by atoms with Gasteiger partial charge in [-0.3, -0.25) is 4.79 Å². The van der Waals surface area contributed by atoms with Gasteiger partial charge in [0.15, 0.2) is 17.3 Å². The molecule has 0 amide bonds. The molecular formula is C20H22O7. The minimum absolute atomic E-state index is 0.00204. The summed E-state index contributed by atoms with van der Waals surface area (Å²) in [5.74, 6) is -1.50. The first-order valence-corrected chi connectivity index (χ1v) is 8.58. The molecule has 0 aliphatic carbocycles. The predicted molar refractivity (Wildman–Crippen MR) is 96.5 cm³/mol. The van der Waals surface area contributed by atoms with Gasteiger partial charge in [-0.25, -0.2) is 0 Å². The standard InChI is InChI=1S/C20H22O7/c1-20(2,26)6-5-11-13(22)8-17-18(19(11)25)15(24)9-16(27-17)10-3-4-12(21)14(23)7-10/h3-4,7-8,16,21-23,25-26H,5-6,9H2,1-2H3/t16-/m1/s1. The fourth-order valence-corrected chi connectivity index (χ4v) is 3.10. The number of Topliss-reactive ketones (excluding diaryl/α,β-unsaturated/α-hetero) is 1. The molecule has 3 rings (SSSR count). The third kappa shape index (κ3) is 3.78. The van der Waals surface area contributed by atoms with Crippen LogP contribution in [0.15, 0.2) is 24.3 Å². The summed E-state index contributed by atoms with van der Waals surface area (Å²) in [7, 11) is 0. The van der Waals surface area contributed by atoms with Gasteiger partial charge in [0, 0.05) is 11.6 Å². The topological polar surface area (TPSA) is 127 Å². The molecule has 2 aromatic rings. The number of hydrogen-bond acceptors (Lipinski definition) is 7. The van der Waals surface area contributed by atoms with E-state index in [1.54, 1.807) is 13.8 Å². The van der Waals surface area contributed by atoms with Gasteiger partial charge in [0.25, 0.3) is 0 Å². The van der Waals surface area contributed by atoms with Gasteiger partial charge < -0.3 is 30.3 Å². The third-order valence-corrected chi connectivity index (χ3v) is 4.62. The number of carbonyl (C=O) groups excluding carboxylic acids is 1. The number of ketones is 1. The second-order valence-electron chi connectivity index (χ2n) is 7.39. The number of hydrogen-bond donors (Lipinski definition) is 5. The fraction of sp³-hybridized carbons (Fsp3) is 0.350. The Morgan fingerprint density at radius 2 is 1.78 bits per heavy atom. The quantitative estimate of drug-likeness (QED) is 0.521. The molecule has 7 heteroatoms. The molecule has 27 heavy (non-hydrogen) atoms. The summed E-state index contributed by atoms with van der Waals surface area (Å²) in [6.07, 6.45) is -0.313. The van der Waals surface area contributed by atoms with Crippen molar-refractivity contribution < 1.29 is 35.1 Å². The first-order chi connectivity index (χ1) is 12.6. The van der Waals surface area contributed by atoms with Gasteiger partial charge in [-0.1, -0.05) is 6.07 Å². The number of aromatic hydroxyl groups is 4. The molecule has 0 saturated carbocycles. The molecule has 1 heterocycles. The van der Waals surface area contributed by atoms with Crippen LogP contribution in [0.5, 0.6) is 28.7 Å². The number of phenolic OH excluding ortho intramolecular Hbond substituents is 4. The first-order valence-electron chi connectivity index (χ1n) is 8.58. The lowest BCUT2D eigenvalue weighted by atomic mass is 9.91. The zero-order valence-electron chi connectivity index (χ0n) is 15.1. The molecule has 0 spiro atoms. The maximum Gasteiger partial charge on any atom is 0.174 e. The molecule has 7 nitrogen and oxygen atoms in total. The lowest BCUT2D eigenvalue weighted by Gasteiger charge is -2.27. The number of benzene rings is 2. The average Bonchev–Trinajstić information content (AvgIpc) is 2.55. The van der Waals surface area contributed by atoms with Crippen LogP contribution in [0.1, 0.15) is 54.3 Å². The zero-order valence-corrected chi connectivity index (χ0v) is 15.1. The maximum atomic E-state index is 12.6. The second kappa shape index (κ2) is 6.66. The normalized spacial score (nSPS) is 16.7. The predicted octanol–water partition coefficient (Wildman–Crippen LogP) is 2.92. The monoisotopic (exact) mass is 374 g/mol. The van der Waals surface area contributed by atoms with Gasteiger partial charge >= 0.3 is 0 Å². The van der Waals surface area contributed by atoms with E-state index in [1.807, 2.05) is 0 Å². The number of ether oxygens (including phenoxy) is 1. The molecule has 0 fully saturated rings. The van der Waals surface area contributed by atoms with Gasteiger partial charge in [0.05, 0.1) is 12.0 Å². The minimum Gasteiger partial charge on any atom is -0.507 e. The third-order valence-electron chi connectivity index (χ3n) is 4.62. The summed E-state index contributed by atoms with van der Waals surface area (Å²) in [5.41, 5.74) is -0.318. The smallest absolute Gasteiger partial charge is 0.174 e. The van der Waals surface area contributed by atoms with Crippen LogP contribution >= 0.6 is 0 Å². The summed E-state index contributed by atoms with van der Waals surface area (Å²) >= 11 is 0. The van der Waals surface area contributed by atoms with Crippen molar-refractivity contribution in [3.05, 3.63) is 41.0 Å². The van der Waals surface area contributed by atoms with Crippen molar-refractivity contribution in [1.82, 2.24) is 0 Å². The number of aliphatic hydroxyl groups is 1. The van der Waals surface area contributed by atoms with Crippen molar-refractivity contribution in [3.63, 3.8) is 0 Å². The van der Waals surface area contributed by atoms with Gasteiger partial charge in [0.2, 0.25) is 0 Å².